The second kappa shape index (κ2) is 3.87. The van der Waals surface area contributed by atoms with Gasteiger partial charge in [0.05, 0.1) is 0 Å². The predicted octanol–water partition coefficient (Wildman–Crippen LogP) is 3.82. The molecule has 0 heterocycles. The van der Waals surface area contributed by atoms with Crippen LogP contribution in [0.3, 0.4) is 0 Å². The van der Waals surface area contributed by atoms with Crippen LogP contribution in [0.25, 0.3) is 0 Å². The molecule has 0 aromatic heterocycles. The topological polar surface area (TPSA) is 0 Å². The van der Waals surface area contributed by atoms with E-state index in [2.05, 4.69) is 37.3 Å². The maximum Gasteiger partial charge on any atom is 0.132 e. The molecular formula is C13H17+. The van der Waals surface area contributed by atoms with Crippen LogP contribution in [0.5, 0.6) is 0 Å². The molecule has 13 heavy (non-hydrogen) atoms. The van der Waals surface area contributed by atoms with E-state index < -0.39 is 0 Å². The minimum Gasteiger partial charge on any atom is -0.0515 e. The molecule has 0 amide bonds. The Bertz CT molecular complexity index is 244. The zero-order valence-electron chi connectivity index (χ0n) is 8.29. The molecule has 68 valence electrons. The van der Waals surface area contributed by atoms with Gasteiger partial charge in [0.15, 0.2) is 0 Å². The molecule has 0 heteroatoms. The molecule has 0 saturated heterocycles. The Morgan fingerprint density at radius 3 is 2.31 bits per heavy atom. The van der Waals surface area contributed by atoms with Crippen LogP contribution in [0.2, 0.25) is 0 Å². The lowest BCUT2D eigenvalue weighted by Crippen LogP contribution is -2.06. The first kappa shape index (κ1) is 8.68. The van der Waals surface area contributed by atoms with Crippen molar-refractivity contribution in [3.05, 3.63) is 41.8 Å². The zero-order valence-corrected chi connectivity index (χ0v) is 8.29. The van der Waals surface area contributed by atoms with Gasteiger partial charge in [0.1, 0.15) is 5.56 Å². The van der Waals surface area contributed by atoms with Gasteiger partial charge in [-0.15, -0.1) is 0 Å². The maximum atomic E-state index is 2.30. The zero-order chi connectivity index (χ0) is 9.10. The molecule has 0 bridgehead atoms. The highest BCUT2D eigenvalue weighted by molar-refractivity contribution is 5.30. The number of rotatable bonds is 2. The molecule has 1 aliphatic carbocycles. The molecule has 2 rings (SSSR count). The highest BCUT2D eigenvalue weighted by Gasteiger charge is 2.27. The van der Waals surface area contributed by atoms with Crippen molar-refractivity contribution >= 4 is 0 Å². The van der Waals surface area contributed by atoms with E-state index in [4.69, 9.17) is 0 Å². The highest BCUT2D eigenvalue weighted by Crippen LogP contribution is 2.35. The molecule has 1 aliphatic rings. The molecule has 0 N–H and O–H groups in total. The minimum atomic E-state index is 0.863. The Balaban J connectivity index is 2.08. The molecule has 0 spiro atoms. The molecule has 0 radical (unpaired) electrons. The molecule has 1 aromatic rings. The lowest BCUT2D eigenvalue weighted by Gasteiger charge is -2.11. The van der Waals surface area contributed by atoms with Gasteiger partial charge in [-0.3, -0.25) is 0 Å². The number of hydrogen-bond acceptors (Lipinski definition) is 0. The fraction of sp³-hybridized carbons (Fsp3) is 0.462. The van der Waals surface area contributed by atoms with Gasteiger partial charge in [0.2, 0.25) is 0 Å². The fourth-order valence-corrected chi connectivity index (χ4v) is 2.30. The van der Waals surface area contributed by atoms with Crippen LogP contribution in [-0.4, -0.2) is 0 Å². The third kappa shape index (κ3) is 1.88. The lowest BCUT2D eigenvalue weighted by atomic mass is 9.87. The lowest BCUT2D eigenvalue weighted by molar-refractivity contribution is 0.584. The van der Waals surface area contributed by atoms with Gasteiger partial charge < -0.3 is 0 Å². The summed E-state index contributed by atoms with van der Waals surface area (Å²) in [6, 6.07) is 10.8. The first-order valence-electron chi connectivity index (χ1n) is 5.27. The normalized spacial score (nSPS) is 17.6. The molecule has 1 fully saturated rings. The van der Waals surface area contributed by atoms with Crippen molar-refractivity contribution in [2.24, 2.45) is 5.92 Å². The van der Waals surface area contributed by atoms with E-state index in [1.165, 1.54) is 31.2 Å². The van der Waals surface area contributed by atoms with Crippen molar-refractivity contribution in [2.75, 3.05) is 0 Å². The standard InChI is InChI=1S/C13H17/c1-11(13-9-5-6-10-13)12-7-3-2-4-8-12/h2-4,7-8,13H,5-6,9-10H2,1H3/q+1. The van der Waals surface area contributed by atoms with Crippen molar-refractivity contribution in [2.45, 2.75) is 32.6 Å². The summed E-state index contributed by atoms with van der Waals surface area (Å²) in [6.07, 6.45) is 5.66. The van der Waals surface area contributed by atoms with Crippen LogP contribution in [-0.2, 0) is 0 Å². The van der Waals surface area contributed by atoms with E-state index in [1.54, 1.807) is 5.92 Å². The molecule has 1 saturated carbocycles. The summed E-state index contributed by atoms with van der Waals surface area (Å²) in [5.74, 6) is 2.46. The summed E-state index contributed by atoms with van der Waals surface area (Å²) in [6.45, 7) is 2.30. The fourth-order valence-electron chi connectivity index (χ4n) is 2.30. The van der Waals surface area contributed by atoms with Crippen LogP contribution < -0.4 is 0 Å². The summed E-state index contributed by atoms with van der Waals surface area (Å²) < 4.78 is 0. The summed E-state index contributed by atoms with van der Waals surface area (Å²) >= 11 is 0. The molecule has 1 aromatic carbocycles. The van der Waals surface area contributed by atoms with Crippen LogP contribution in [0.1, 0.15) is 38.2 Å². The third-order valence-corrected chi connectivity index (χ3v) is 3.20. The first-order chi connectivity index (χ1) is 6.38. The average Bonchev–Trinajstić information content (AvgIpc) is 2.71. The van der Waals surface area contributed by atoms with Crippen LogP contribution in [0, 0.1) is 11.8 Å². The Hall–Kier alpha value is -0.910. The maximum absolute atomic E-state index is 2.30. The third-order valence-electron chi connectivity index (χ3n) is 3.20. The largest absolute Gasteiger partial charge is 0.132 e. The Kier molecular flexibility index (Phi) is 2.58. The summed E-state index contributed by atoms with van der Waals surface area (Å²) in [4.78, 5) is 0. The minimum absolute atomic E-state index is 0.863. The van der Waals surface area contributed by atoms with Gasteiger partial charge >= 0.3 is 0 Å². The molecule has 0 aliphatic heterocycles. The average molecular weight is 173 g/mol. The summed E-state index contributed by atoms with van der Waals surface area (Å²) in [5.41, 5.74) is 1.44. The van der Waals surface area contributed by atoms with E-state index in [9.17, 15) is 0 Å². The highest BCUT2D eigenvalue weighted by atomic mass is 14.3. The summed E-state index contributed by atoms with van der Waals surface area (Å²) in [5, 5.41) is 0. The van der Waals surface area contributed by atoms with Gasteiger partial charge in [-0.25, -0.2) is 0 Å². The second-order valence-electron chi connectivity index (χ2n) is 4.03. The van der Waals surface area contributed by atoms with Crippen LogP contribution >= 0.6 is 0 Å². The van der Waals surface area contributed by atoms with E-state index >= 15 is 0 Å². The van der Waals surface area contributed by atoms with Gasteiger partial charge in [-0.1, -0.05) is 12.8 Å². The van der Waals surface area contributed by atoms with E-state index in [1.807, 2.05) is 0 Å². The molecule has 0 atom stereocenters. The van der Waals surface area contributed by atoms with Crippen molar-refractivity contribution in [1.82, 2.24) is 0 Å². The van der Waals surface area contributed by atoms with Crippen molar-refractivity contribution in [3.8, 4) is 0 Å². The predicted molar refractivity (Wildman–Crippen MR) is 56.4 cm³/mol. The van der Waals surface area contributed by atoms with Gasteiger partial charge in [0.25, 0.3) is 0 Å². The summed E-state index contributed by atoms with van der Waals surface area (Å²) in [7, 11) is 0. The van der Waals surface area contributed by atoms with Crippen molar-refractivity contribution in [3.63, 3.8) is 0 Å². The van der Waals surface area contributed by atoms with Crippen LogP contribution in [0.4, 0.5) is 0 Å². The van der Waals surface area contributed by atoms with E-state index in [0.29, 0.717) is 0 Å². The number of hydrogen-bond donors (Lipinski definition) is 0. The van der Waals surface area contributed by atoms with E-state index in [0.717, 1.165) is 5.92 Å². The monoisotopic (exact) mass is 173 g/mol. The first-order valence-corrected chi connectivity index (χ1v) is 5.27. The van der Waals surface area contributed by atoms with E-state index in [-0.39, 0.29) is 0 Å². The van der Waals surface area contributed by atoms with Gasteiger partial charge in [-0.05, 0) is 31.0 Å². The quantitative estimate of drug-likeness (QED) is 0.596. The Morgan fingerprint density at radius 2 is 1.69 bits per heavy atom. The second-order valence-corrected chi connectivity index (χ2v) is 4.03. The van der Waals surface area contributed by atoms with Crippen molar-refractivity contribution < 1.29 is 0 Å². The molecular weight excluding hydrogens is 156 g/mol. The number of benzene rings is 1. The van der Waals surface area contributed by atoms with Crippen molar-refractivity contribution in [1.29, 1.82) is 0 Å². The Labute approximate surface area is 81.0 Å². The molecule has 0 unspecified atom stereocenters. The SMILES string of the molecule is C[C+](c1ccccc1)C1CCCC1. The van der Waals surface area contributed by atoms with Gasteiger partial charge in [-0.2, -0.15) is 0 Å². The van der Waals surface area contributed by atoms with Crippen LogP contribution in [0.15, 0.2) is 30.3 Å². The molecule has 0 nitrogen and oxygen atoms in total. The Morgan fingerprint density at radius 1 is 1.08 bits per heavy atom. The van der Waals surface area contributed by atoms with Gasteiger partial charge in [0, 0.05) is 30.9 Å². The smallest absolute Gasteiger partial charge is 0.0515 e.